The summed E-state index contributed by atoms with van der Waals surface area (Å²) < 4.78 is 80.0. The monoisotopic (exact) mass is 546 g/mol. The van der Waals surface area contributed by atoms with Crippen LogP contribution in [0.25, 0.3) is 16.6 Å². The molecule has 0 spiro atoms. The van der Waals surface area contributed by atoms with E-state index in [1.54, 1.807) is 47.3 Å². The number of rotatable bonds is 5. The topological polar surface area (TPSA) is 86.6 Å². The summed E-state index contributed by atoms with van der Waals surface area (Å²) in [5.41, 5.74) is 1.07. The van der Waals surface area contributed by atoms with Gasteiger partial charge in [0.1, 0.15) is 0 Å². The van der Waals surface area contributed by atoms with Gasteiger partial charge >= 0.3 is 12.1 Å². The van der Waals surface area contributed by atoms with Crippen molar-refractivity contribution < 1.29 is 41.0 Å². The molecule has 1 unspecified atom stereocenters. The zero-order valence-corrected chi connectivity index (χ0v) is 19.9. The Morgan fingerprint density at radius 2 is 1.85 bits per heavy atom. The maximum absolute atomic E-state index is 15.0. The highest BCUT2D eigenvalue weighted by Crippen LogP contribution is 2.37. The molecule has 13 heteroatoms. The number of benzene rings is 2. The zero-order valence-electron chi connectivity index (χ0n) is 19.9. The molecule has 1 atom stereocenters. The summed E-state index contributed by atoms with van der Waals surface area (Å²) in [4.78, 5) is 33.9. The van der Waals surface area contributed by atoms with Gasteiger partial charge in [0.2, 0.25) is 0 Å². The van der Waals surface area contributed by atoms with Crippen LogP contribution in [0.1, 0.15) is 16.8 Å². The van der Waals surface area contributed by atoms with Gasteiger partial charge in [0.05, 0.1) is 18.4 Å². The van der Waals surface area contributed by atoms with Crippen molar-refractivity contribution in [2.24, 2.45) is 0 Å². The molecule has 0 bridgehead atoms. The highest BCUT2D eigenvalue weighted by atomic mass is 19.4. The van der Waals surface area contributed by atoms with Gasteiger partial charge in [-0.3, -0.25) is 4.79 Å². The average Bonchev–Trinajstić information content (AvgIpc) is 3.44. The number of hydrogen-bond acceptors (Lipinski definition) is 6. The fourth-order valence-corrected chi connectivity index (χ4v) is 4.10. The second-order valence-electron chi connectivity index (χ2n) is 8.76. The summed E-state index contributed by atoms with van der Waals surface area (Å²) in [7, 11) is 0. The number of alkyl halides is 5. The van der Waals surface area contributed by atoms with Gasteiger partial charge in [-0.05, 0) is 30.3 Å². The Morgan fingerprint density at radius 3 is 2.59 bits per heavy atom. The molecule has 3 heterocycles. The summed E-state index contributed by atoms with van der Waals surface area (Å²) >= 11 is 0. The minimum absolute atomic E-state index is 0.211. The number of hydrogen-bond donors (Lipinski definition) is 0. The van der Waals surface area contributed by atoms with Crippen LogP contribution in [0.5, 0.6) is 11.6 Å². The van der Waals surface area contributed by atoms with Crippen molar-refractivity contribution in [3.8, 4) is 17.3 Å². The van der Waals surface area contributed by atoms with E-state index in [4.69, 9.17) is 4.74 Å². The summed E-state index contributed by atoms with van der Waals surface area (Å²) in [6.07, 6.45) is -3.32. The van der Waals surface area contributed by atoms with E-state index in [1.165, 1.54) is 24.5 Å². The Morgan fingerprint density at radius 1 is 1.05 bits per heavy atom. The third kappa shape index (κ3) is 5.52. The SMILES string of the molecule is O=C(c1cccc(-n2ccnc2)c1)N1CCC(F)(F)C(Oc2nc3ccccc3cc2OC(=O)C(F)(F)F)C1. The number of esters is 1. The van der Waals surface area contributed by atoms with E-state index in [0.29, 0.717) is 11.1 Å². The van der Waals surface area contributed by atoms with E-state index < -0.39 is 54.7 Å². The standard InChI is InChI=1S/C26H19F5N4O4/c27-25(28)8-10-34(23(36)17-5-3-6-18(12-17)35-11-9-32-15-35)14-21(25)39-22-20(38-24(37)26(29,30)31)13-16-4-1-2-7-19(16)33-22/h1-7,9,11-13,15,21H,8,10,14H2. The van der Waals surface area contributed by atoms with Crippen LogP contribution in [0, 0.1) is 0 Å². The third-order valence-electron chi connectivity index (χ3n) is 6.10. The van der Waals surface area contributed by atoms with Gasteiger partial charge in [0, 0.05) is 42.0 Å². The minimum atomic E-state index is -5.34. The van der Waals surface area contributed by atoms with E-state index >= 15 is 0 Å². The second-order valence-corrected chi connectivity index (χ2v) is 8.76. The summed E-state index contributed by atoms with van der Waals surface area (Å²) in [5.74, 6) is -8.07. The van der Waals surface area contributed by atoms with Gasteiger partial charge < -0.3 is 18.9 Å². The Balaban J connectivity index is 1.42. The van der Waals surface area contributed by atoms with Crippen LogP contribution in [0.4, 0.5) is 22.0 Å². The van der Waals surface area contributed by atoms with Crippen LogP contribution in [-0.4, -0.2) is 62.6 Å². The van der Waals surface area contributed by atoms with E-state index in [9.17, 15) is 31.5 Å². The van der Waals surface area contributed by atoms with E-state index in [0.717, 1.165) is 11.0 Å². The molecule has 0 radical (unpaired) electrons. The number of para-hydroxylation sites is 1. The molecule has 2 aromatic heterocycles. The summed E-state index contributed by atoms with van der Waals surface area (Å²) in [6, 6.07) is 13.7. The van der Waals surface area contributed by atoms with Crippen LogP contribution in [0.15, 0.2) is 73.3 Å². The number of pyridine rings is 1. The first-order chi connectivity index (χ1) is 18.5. The normalized spacial score (nSPS) is 17.2. The smallest absolute Gasteiger partial charge is 0.463 e. The highest BCUT2D eigenvalue weighted by molar-refractivity contribution is 5.95. The van der Waals surface area contributed by atoms with Crippen LogP contribution >= 0.6 is 0 Å². The Kier molecular flexibility index (Phi) is 6.66. The molecule has 1 saturated heterocycles. The Labute approximate surface area is 217 Å². The molecule has 202 valence electrons. The molecule has 0 N–H and O–H groups in total. The van der Waals surface area contributed by atoms with Gasteiger partial charge in [-0.25, -0.2) is 23.5 Å². The number of amides is 1. The number of carbonyl (C=O) groups is 2. The number of likely N-dealkylation sites (tertiary alicyclic amines) is 1. The summed E-state index contributed by atoms with van der Waals surface area (Å²) in [6.45, 7) is -0.885. The lowest BCUT2D eigenvalue weighted by molar-refractivity contribution is -0.190. The maximum atomic E-state index is 15.0. The van der Waals surface area contributed by atoms with Crippen molar-refractivity contribution in [3.63, 3.8) is 0 Å². The van der Waals surface area contributed by atoms with Crippen LogP contribution in [-0.2, 0) is 4.79 Å². The predicted octanol–water partition coefficient (Wildman–Crippen LogP) is 4.82. The average molecular weight is 546 g/mol. The first kappa shape index (κ1) is 26.1. The molecule has 1 fully saturated rings. The molecule has 1 aliphatic rings. The molecule has 8 nitrogen and oxygen atoms in total. The van der Waals surface area contributed by atoms with Gasteiger partial charge in [-0.2, -0.15) is 13.2 Å². The minimum Gasteiger partial charge on any atom is -0.463 e. The number of piperidine rings is 1. The number of ether oxygens (including phenoxy) is 2. The lowest BCUT2D eigenvalue weighted by atomic mass is 10.0. The first-order valence-corrected chi connectivity index (χ1v) is 11.6. The zero-order chi connectivity index (χ0) is 27.8. The van der Waals surface area contributed by atoms with E-state index in [1.807, 2.05) is 0 Å². The largest absolute Gasteiger partial charge is 0.491 e. The number of aromatic nitrogens is 3. The Bertz CT molecular complexity index is 1520. The predicted molar refractivity (Wildman–Crippen MR) is 127 cm³/mol. The van der Waals surface area contributed by atoms with Crippen LogP contribution < -0.4 is 9.47 Å². The van der Waals surface area contributed by atoms with Crippen LogP contribution in [0.3, 0.4) is 0 Å². The van der Waals surface area contributed by atoms with Crippen molar-refractivity contribution in [1.82, 2.24) is 19.4 Å². The van der Waals surface area contributed by atoms with Crippen molar-refractivity contribution in [1.29, 1.82) is 0 Å². The van der Waals surface area contributed by atoms with Crippen molar-refractivity contribution in [2.45, 2.75) is 24.6 Å². The fraction of sp³-hybridized carbons (Fsp3) is 0.231. The molecular weight excluding hydrogens is 527 g/mol. The number of imidazole rings is 1. The number of fused-ring (bicyclic) bond motifs is 1. The van der Waals surface area contributed by atoms with Crippen molar-refractivity contribution >= 4 is 22.8 Å². The number of halogens is 5. The fourth-order valence-electron chi connectivity index (χ4n) is 4.10. The van der Waals surface area contributed by atoms with Gasteiger partial charge in [0.25, 0.3) is 17.7 Å². The lowest BCUT2D eigenvalue weighted by Crippen LogP contribution is -2.55. The maximum Gasteiger partial charge on any atom is 0.491 e. The summed E-state index contributed by atoms with van der Waals surface area (Å²) in [5, 5.41) is 0.291. The lowest BCUT2D eigenvalue weighted by Gasteiger charge is -2.38. The molecule has 5 rings (SSSR count). The molecule has 39 heavy (non-hydrogen) atoms. The molecule has 0 aliphatic carbocycles. The van der Waals surface area contributed by atoms with E-state index in [2.05, 4.69) is 14.7 Å². The highest BCUT2D eigenvalue weighted by Gasteiger charge is 2.48. The molecule has 4 aromatic rings. The molecule has 1 amide bonds. The van der Waals surface area contributed by atoms with Crippen molar-refractivity contribution in [3.05, 3.63) is 78.9 Å². The van der Waals surface area contributed by atoms with E-state index in [-0.39, 0.29) is 17.6 Å². The molecule has 1 aliphatic heterocycles. The van der Waals surface area contributed by atoms with Crippen molar-refractivity contribution in [2.75, 3.05) is 13.1 Å². The first-order valence-electron chi connectivity index (χ1n) is 11.6. The quantitative estimate of drug-likeness (QED) is 0.264. The second kappa shape index (κ2) is 9.97. The Hall–Kier alpha value is -4.55. The molecule has 0 saturated carbocycles. The third-order valence-corrected chi connectivity index (χ3v) is 6.10. The van der Waals surface area contributed by atoms with Crippen LogP contribution in [0.2, 0.25) is 0 Å². The van der Waals surface area contributed by atoms with Gasteiger partial charge in [-0.1, -0.05) is 24.3 Å². The van der Waals surface area contributed by atoms with Gasteiger partial charge in [0.15, 0.2) is 11.9 Å². The molecular formula is C26H19F5N4O4. The molecule has 2 aromatic carbocycles. The number of nitrogens with zero attached hydrogens (tertiary/aromatic N) is 4. The van der Waals surface area contributed by atoms with Gasteiger partial charge in [-0.15, -0.1) is 0 Å². The number of carbonyl (C=O) groups excluding carboxylic acids is 2.